The first kappa shape index (κ1) is 17.7. The third kappa shape index (κ3) is 9.22. The molecule has 2 nitrogen and oxygen atoms in total. The van der Waals surface area contributed by atoms with E-state index < -0.39 is 12.1 Å². The molecule has 0 spiro atoms. The monoisotopic (exact) mass is 294 g/mol. The zero-order valence-electron chi connectivity index (χ0n) is 12.8. The van der Waals surface area contributed by atoms with Gasteiger partial charge in [0.1, 0.15) is 6.17 Å². The lowest BCUT2D eigenvalue weighted by atomic mass is 10.0. The molecular weight excluding hydrogens is 267 g/mol. The van der Waals surface area contributed by atoms with Gasteiger partial charge in [0.2, 0.25) is 0 Å². The molecule has 0 fully saturated rings. The summed E-state index contributed by atoms with van der Waals surface area (Å²) in [5.74, 6) is -0.700. The van der Waals surface area contributed by atoms with Gasteiger partial charge in [-0.25, -0.2) is 4.39 Å². The maximum atomic E-state index is 13.9. The summed E-state index contributed by atoms with van der Waals surface area (Å²) in [7, 11) is 0. The van der Waals surface area contributed by atoms with Crippen molar-refractivity contribution >= 4 is 5.97 Å². The van der Waals surface area contributed by atoms with Crippen LogP contribution in [-0.2, 0) is 4.79 Å². The molecule has 0 amide bonds. The summed E-state index contributed by atoms with van der Waals surface area (Å²) in [5.41, 5.74) is 0.788. The lowest BCUT2D eigenvalue weighted by Gasteiger charge is -2.08. The summed E-state index contributed by atoms with van der Waals surface area (Å²) in [6.45, 7) is 0. The Labute approximate surface area is 127 Å². The van der Waals surface area contributed by atoms with Crippen molar-refractivity contribution < 1.29 is 14.3 Å². The summed E-state index contributed by atoms with van der Waals surface area (Å²) in [5, 5.41) is 8.51. The first-order chi connectivity index (χ1) is 10.2. The second-order valence-corrected chi connectivity index (χ2v) is 5.64. The molecule has 0 saturated heterocycles. The molecule has 0 aliphatic rings. The normalized spacial score (nSPS) is 12.2. The molecule has 0 radical (unpaired) electrons. The molecule has 0 bridgehead atoms. The Hall–Kier alpha value is -1.38. The minimum absolute atomic E-state index is 0.289. The molecule has 0 aliphatic carbocycles. The third-order valence-corrected chi connectivity index (χ3v) is 3.76. The lowest BCUT2D eigenvalue weighted by molar-refractivity contribution is -0.137. The van der Waals surface area contributed by atoms with E-state index in [-0.39, 0.29) is 6.42 Å². The van der Waals surface area contributed by atoms with Crippen LogP contribution < -0.4 is 0 Å². The fraction of sp³-hybridized carbons (Fsp3) is 0.611. The molecule has 0 aromatic heterocycles. The molecule has 0 saturated carbocycles. The maximum absolute atomic E-state index is 13.9. The highest BCUT2D eigenvalue weighted by Crippen LogP contribution is 2.23. The van der Waals surface area contributed by atoms with E-state index in [2.05, 4.69) is 0 Å². The quantitative estimate of drug-likeness (QED) is 0.503. The molecule has 1 aromatic rings. The number of carbonyl (C=O) groups is 1. The van der Waals surface area contributed by atoms with Crippen molar-refractivity contribution in [3.8, 4) is 0 Å². The van der Waals surface area contributed by atoms with Crippen LogP contribution in [0.3, 0.4) is 0 Å². The molecular formula is C18H27FO2. The number of benzene rings is 1. The van der Waals surface area contributed by atoms with Gasteiger partial charge in [0.15, 0.2) is 0 Å². The average molecular weight is 294 g/mol. The number of alkyl halides is 1. The largest absolute Gasteiger partial charge is 0.481 e. The molecule has 1 rings (SSSR count). The Balaban J connectivity index is 1.90. The van der Waals surface area contributed by atoms with Crippen LogP contribution in [0.15, 0.2) is 30.3 Å². The molecule has 21 heavy (non-hydrogen) atoms. The Morgan fingerprint density at radius 3 is 2.00 bits per heavy atom. The van der Waals surface area contributed by atoms with Gasteiger partial charge in [0, 0.05) is 6.42 Å². The van der Waals surface area contributed by atoms with Gasteiger partial charge in [0.05, 0.1) is 0 Å². The highest BCUT2D eigenvalue weighted by molar-refractivity contribution is 5.66. The van der Waals surface area contributed by atoms with Crippen LogP contribution in [0.1, 0.15) is 75.9 Å². The molecule has 1 unspecified atom stereocenters. The number of hydrogen-bond donors (Lipinski definition) is 1. The van der Waals surface area contributed by atoms with E-state index in [1.165, 1.54) is 6.42 Å². The summed E-state index contributed by atoms with van der Waals surface area (Å²) in [4.78, 5) is 10.3. The number of carboxylic acids is 1. The van der Waals surface area contributed by atoms with Crippen LogP contribution in [0.5, 0.6) is 0 Å². The van der Waals surface area contributed by atoms with Crippen molar-refractivity contribution in [1.82, 2.24) is 0 Å². The van der Waals surface area contributed by atoms with Crippen molar-refractivity contribution in [3.05, 3.63) is 35.9 Å². The van der Waals surface area contributed by atoms with Crippen LogP contribution >= 0.6 is 0 Å². The summed E-state index contributed by atoms with van der Waals surface area (Å²) >= 11 is 0. The van der Waals surface area contributed by atoms with Gasteiger partial charge in [-0.15, -0.1) is 0 Å². The molecule has 0 aliphatic heterocycles. The number of aliphatic carboxylic acids is 1. The molecule has 1 aromatic carbocycles. The highest BCUT2D eigenvalue weighted by Gasteiger charge is 2.07. The van der Waals surface area contributed by atoms with Gasteiger partial charge in [0.25, 0.3) is 0 Å². The molecule has 0 heterocycles. The van der Waals surface area contributed by atoms with Crippen molar-refractivity contribution in [2.75, 3.05) is 0 Å². The van der Waals surface area contributed by atoms with E-state index in [9.17, 15) is 9.18 Å². The van der Waals surface area contributed by atoms with Crippen LogP contribution in [0, 0.1) is 0 Å². The smallest absolute Gasteiger partial charge is 0.303 e. The van der Waals surface area contributed by atoms with Gasteiger partial charge in [-0.2, -0.15) is 0 Å². The predicted molar refractivity (Wildman–Crippen MR) is 84.1 cm³/mol. The third-order valence-electron chi connectivity index (χ3n) is 3.76. The van der Waals surface area contributed by atoms with Crippen molar-refractivity contribution in [2.45, 2.75) is 70.4 Å². The van der Waals surface area contributed by atoms with E-state index >= 15 is 0 Å². The van der Waals surface area contributed by atoms with Gasteiger partial charge in [-0.05, 0) is 18.4 Å². The maximum Gasteiger partial charge on any atom is 0.303 e. The van der Waals surface area contributed by atoms with Crippen molar-refractivity contribution in [2.24, 2.45) is 0 Å². The standard InChI is InChI=1S/C18H27FO2/c19-17(16-12-8-7-9-13-16)14-10-5-3-1-2-4-6-11-15-18(20)21/h7-9,12-13,17H,1-6,10-11,14-15H2,(H,20,21). The fourth-order valence-electron chi connectivity index (χ4n) is 2.49. The Morgan fingerprint density at radius 1 is 0.905 bits per heavy atom. The number of hydrogen-bond acceptors (Lipinski definition) is 1. The molecule has 1 N–H and O–H groups in total. The van der Waals surface area contributed by atoms with Gasteiger partial charge >= 0.3 is 5.97 Å². The van der Waals surface area contributed by atoms with E-state index in [0.29, 0.717) is 6.42 Å². The topological polar surface area (TPSA) is 37.3 Å². The molecule has 3 heteroatoms. The van der Waals surface area contributed by atoms with E-state index in [0.717, 1.165) is 50.5 Å². The molecule has 1 atom stereocenters. The number of carboxylic acid groups (broad SMARTS) is 1. The summed E-state index contributed by atoms with van der Waals surface area (Å²) < 4.78 is 13.9. The van der Waals surface area contributed by atoms with Crippen molar-refractivity contribution in [1.29, 1.82) is 0 Å². The molecule has 118 valence electrons. The van der Waals surface area contributed by atoms with E-state index in [1.807, 2.05) is 30.3 Å². The van der Waals surface area contributed by atoms with Crippen LogP contribution in [0.2, 0.25) is 0 Å². The van der Waals surface area contributed by atoms with E-state index in [1.54, 1.807) is 0 Å². The van der Waals surface area contributed by atoms with Crippen molar-refractivity contribution in [3.63, 3.8) is 0 Å². The second kappa shape index (κ2) is 11.3. The van der Waals surface area contributed by atoms with Crippen LogP contribution in [0.4, 0.5) is 4.39 Å². The summed E-state index contributed by atoms with van der Waals surface area (Å²) in [6, 6.07) is 9.37. The SMILES string of the molecule is O=C(O)CCCCCCCCCCC(F)c1ccccc1. The summed E-state index contributed by atoms with van der Waals surface area (Å²) in [6.07, 6.45) is 8.50. The number of halogens is 1. The second-order valence-electron chi connectivity index (χ2n) is 5.64. The minimum atomic E-state index is -0.831. The van der Waals surface area contributed by atoms with Gasteiger partial charge in [-0.1, -0.05) is 75.3 Å². The highest BCUT2D eigenvalue weighted by atomic mass is 19.1. The fourth-order valence-corrected chi connectivity index (χ4v) is 2.49. The zero-order chi connectivity index (χ0) is 15.3. The Kier molecular flexibility index (Phi) is 9.51. The first-order valence-corrected chi connectivity index (χ1v) is 8.11. The number of rotatable bonds is 12. The van der Waals surface area contributed by atoms with Crippen LogP contribution in [-0.4, -0.2) is 11.1 Å². The number of unbranched alkanes of at least 4 members (excludes halogenated alkanes) is 7. The zero-order valence-corrected chi connectivity index (χ0v) is 12.8. The Morgan fingerprint density at radius 2 is 1.43 bits per heavy atom. The lowest BCUT2D eigenvalue weighted by Crippen LogP contribution is -1.93. The van der Waals surface area contributed by atoms with E-state index in [4.69, 9.17) is 5.11 Å². The first-order valence-electron chi connectivity index (χ1n) is 8.11. The van der Waals surface area contributed by atoms with Gasteiger partial charge < -0.3 is 5.11 Å². The Bertz CT molecular complexity index is 378. The van der Waals surface area contributed by atoms with Gasteiger partial charge in [-0.3, -0.25) is 4.79 Å². The minimum Gasteiger partial charge on any atom is -0.481 e. The van der Waals surface area contributed by atoms with Crippen LogP contribution in [0.25, 0.3) is 0 Å². The average Bonchev–Trinajstić information content (AvgIpc) is 2.49. The predicted octanol–water partition coefficient (Wildman–Crippen LogP) is 5.68.